The quantitative estimate of drug-likeness (QED) is 0.640. The van der Waals surface area contributed by atoms with E-state index in [1.165, 1.54) is 0 Å². The maximum Gasteiger partial charge on any atom is 0.168 e. The Morgan fingerprint density at radius 1 is 1.50 bits per heavy atom. The SMILES string of the molecule is COc1ccc2c(C(=O)C(C)CBr)cn(C)c2c1. The van der Waals surface area contributed by atoms with Crippen molar-refractivity contribution in [3.05, 3.63) is 30.0 Å². The molecule has 3 nitrogen and oxygen atoms in total. The van der Waals surface area contributed by atoms with E-state index in [1.807, 2.05) is 42.9 Å². The number of fused-ring (bicyclic) bond motifs is 1. The van der Waals surface area contributed by atoms with Crippen LogP contribution >= 0.6 is 15.9 Å². The van der Waals surface area contributed by atoms with Crippen LogP contribution in [0.5, 0.6) is 5.75 Å². The average molecular weight is 310 g/mol. The van der Waals surface area contributed by atoms with E-state index in [0.717, 1.165) is 22.2 Å². The second-order valence-corrected chi connectivity index (χ2v) is 5.10. The summed E-state index contributed by atoms with van der Waals surface area (Å²) >= 11 is 3.36. The van der Waals surface area contributed by atoms with Gasteiger partial charge in [-0.25, -0.2) is 0 Å². The summed E-state index contributed by atoms with van der Waals surface area (Å²) in [6.07, 6.45) is 1.89. The van der Waals surface area contributed by atoms with Crippen molar-refractivity contribution in [2.24, 2.45) is 13.0 Å². The summed E-state index contributed by atoms with van der Waals surface area (Å²) < 4.78 is 7.17. The predicted molar refractivity (Wildman–Crippen MR) is 76.8 cm³/mol. The molecular weight excluding hydrogens is 294 g/mol. The molecule has 18 heavy (non-hydrogen) atoms. The van der Waals surface area contributed by atoms with Crippen molar-refractivity contribution in [2.45, 2.75) is 6.92 Å². The lowest BCUT2D eigenvalue weighted by Gasteiger charge is -2.05. The van der Waals surface area contributed by atoms with Crippen LogP contribution in [-0.4, -0.2) is 22.8 Å². The van der Waals surface area contributed by atoms with Gasteiger partial charge in [0.05, 0.1) is 12.6 Å². The van der Waals surface area contributed by atoms with E-state index in [0.29, 0.717) is 5.33 Å². The van der Waals surface area contributed by atoms with Gasteiger partial charge in [-0.3, -0.25) is 4.79 Å². The summed E-state index contributed by atoms with van der Waals surface area (Å²) in [4.78, 5) is 12.3. The molecular formula is C14H16BrNO2. The van der Waals surface area contributed by atoms with Gasteiger partial charge in [-0.1, -0.05) is 22.9 Å². The Balaban J connectivity index is 2.57. The molecule has 1 atom stereocenters. The van der Waals surface area contributed by atoms with Gasteiger partial charge >= 0.3 is 0 Å². The Bertz CT molecular complexity index is 589. The molecule has 1 aromatic carbocycles. The summed E-state index contributed by atoms with van der Waals surface area (Å²) in [5.74, 6) is 0.955. The molecule has 2 aromatic rings. The van der Waals surface area contributed by atoms with Gasteiger partial charge in [-0.2, -0.15) is 0 Å². The van der Waals surface area contributed by atoms with Gasteiger partial charge in [0.15, 0.2) is 5.78 Å². The maximum atomic E-state index is 12.3. The first-order valence-electron chi connectivity index (χ1n) is 5.81. The lowest BCUT2D eigenvalue weighted by Crippen LogP contribution is -2.11. The van der Waals surface area contributed by atoms with Crippen molar-refractivity contribution < 1.29 is 9.53 Å². The fraction of sp³-hybridized carbons (Fsp3) is 0.357. The number of methoxy groups -OCH3 is 1. The zero-order valence-corrected chi connectivity index (χ0v) is 12.3. The van der Waals surface area contributed by atoms with E-state index < -0.39 is 0 Å². The highest BCUT2D eigenvalue weighted by Crippen LogP contribution is 2.27. The summed E-state index contributed by atoms with van der Waals surface area (Å²) in [5.41, 5.74) is 1.79. The first-order chi connectivity index (χ1) is 8.58. The van der Waals surface area contributed by atoms with E-state index in [4.69, 9.17) is 4.74 Å². The lowest BCUT2D eigenvalue weighted by molar-refractivity contribution is 0.0944. The van der Waals surface area contributed by atoms with E-state index >= 15 is 0 Å². The van der Waals surface area contributed by atoms with Crippen LogP contribution in [0, 0.1) is 5.92 Å². The van der Waals surface area contributed by atoms with Crippen molar-refractivity contribution in [2.75, 3.05) is 12.4 Å². The number of rotatable bonds is 4. The molecule has 0 N–H and O–H groups in total. The Morgan fingerprint density at radius 2 is 2.22 bits per heavy atom. The number of ketones is 1. The number of nitrogens with zero attached hydrogens (tertiary/aromatic N) is 1. The van der Waals surface area contributed by atoms with E-state index in [2.05, 4.69) is 15.9 Å². The van der Waals surface area contributed by atoms with E-state index in [-0.39, 0.29) is 11.7 Å². The van der Waals surface area contributed by atoms with Crippen molar-refractivity contribution in [1.29, 1.82) is 0 Å². The molecule has 0 radical (unpaired) electrons. The summed E-state index contributed by atoms with van der Waals surface area (Å²) in [6.45, 7) is 1.93. The number of ether oxygens (including phenoxy) is 1. The second-order valence-electron chi connectivity index (χ2n) is 4.46. The fourth-order valence-electron chi connectivity index (χ4n) is 2.02. The number of aryl methyl sites for hydroxylation is 1. The molecule has 0 spiro atoms. The number of aromatic nitrogens is 1. The fourth-order valence-corrected chi connectivity index (χ4v) is 2.32. The molecule has 1 aromatic heterocycles. The molecule has 1 unspecified atom stereocenters. The highest BCUT2D eigenvalue weighted by atomic mass is 79.9. The molecule has 0 aliphatic carbocycles. The van der Waals surface area contributed by atoms with Crippen molar-refractivity contribution in [3.8, 4) is 5.75 Å². The average Bonchev–Trinajstić information content (AvgIpc) is 2.73. The number of hydrogen-bond donors (Lipinski definition) is 0. The number of benzene rings is 1. The Labute approximate surface area is 115 Å². The molecule has 1 heterocycles. The number of hydrogen-bond acceptors (Lipinski definition) is 2. The third-order valence-corrected chi connectivity index (χ3v) is 4.11. The number of alkyl halides is 1. The minimum absolute atomic E-state index is 0.0160. The number of carbonyl (C=O) groups excluding carboxylic acids is 1. The summed E-state index contributed by atoms with van der Waals surface area (Å²) in [5, 5.41) is 1.66. The molecule has 0 fully saturated rings. The van der Waals surface area contributed by atoms with Crippen molar-refractivity contribution in [3.63, 3.8) is 0 Å². The predicted octanol–water partition coefficient (Wildman–Crippen LogP) is 3.40. The topological polar surface area (TPSA) is 31.2 Å². The number of halogens is 1. The Hall–Kier alpha value is -1.29. The van der Waals surface area contributed by atoms with Gasteiger partial charge in [-0.15, -0.1) is 0 Å². The Kier molecular flexibility index (Phi) is 3.76. The molecule has 0 aliphatic heterocycles. The van der Waals surface area contributed by atoms with Crippen LogP contribution in [0.4, 0.5) is 0 Å². The van der Waals surface area contributed by atoms with Crippen molar-refractivity contribution >= 4 is 32.6 Å². The van der Waals surface area contributed by atoms with Crippen LogP contribution in [0.3, 0.4) is 0 Å². The van der Waals surface area contributed by atoms with Crippen molar-refractivity contribution in [1.82, 2.24) is 4.57 Å². The monoisotopic (exact) mass is 309 g/mol. The molecule has 0 amide bonds. The number of carbonyl (C=O) groups is 1. The van der Waals surface area contributed by atoms with Gasteiger partial charge in [0.1, 0.15) is 5.75 Å². The molecule has 0 saturated heterocycles. The zero-order chi connectivity index (χ0) is 13.3. The highest BCUT2D eigenvalue weighted by Gasteiger charge is 2.19. The zero-order valence-electron chi connectivity index (χ0n) is 10.7. The van der Waals surface area contributed by atoms with E-state index in [9.17, 15) is 4.79 Å². The van der Waals surface area contributed by atoms with Gasteiger partial charge in [0, 0.05) is 41.5 Å². The smallest absolute Gasteiger partial charge is 0.168 e. The molecule has 96 valence electrons. The normalized spacial score (nSPS) is 12.7. The molecule has 0 saturated carbocycles. The Morgan fingerprint density at radius 3 is 2.83 bits per heavy atom. The standard InChI is InChI=1S/C14H16BrNO2/c1-9(7-15)14(17)12-8-16(2)13-6-10(18-3)4-5-11(12)13/h4-6,8-9H,7H2,1-3H3. The molecule has 0 aliphatic rings. The second kappa shape index (κ2) is 5.14. The molecule has 4 heteroatoms. The van der Waals surface area contributed by atoms with Crippen LogP contribution in [0.2, 0.25) is 0 Å². The van der Waals surface area contributed by atoms with Crippen LogP contribution < -0.4 is 4.74 Å². The third-order valence-electron chi connectivity index (χ3n) is 3.14. The van der Waals surface area contributed by atoms with Gasteiger partial charge in [0.25, 0.3) is 0 Å². The third kappa shape index (κ3) is 2.17. The maximum absolute atomic E-state index is 12.3. The van der Waals surface area contributed by atoms with Crippen LogP contribution in [-0.2, 0) is 7.05 Å². The molecule has 0 bridgehead atoms. The first-order valence-corrected chi connectivity index (χ1v) is 6.94. The van der Waals surface area contributed by atoms with E-state index in [1.54, 1.807) is 7.11 Å². The largest absolute Gasteiger partial charge is 0.497 e. The summed E-state index contributed by atoms with van der Waals surface area (Å²) in [7, 11) is 3.58. The van der Waals surface area contributed by atoms with Crippen LogP contribution in [0.25, 0.3) is 10.9 Å². The van der Waals surface area contributed by atoms with Crippen LogP contribution in [0.15, 0.2) is 24.4 Å². The molecule has 2 rings (SSSR count). The highest BCUT2D eigenvalue weighted by molar-refractivity contribution is 9.09. The summed E-state index contributed by atoms with van der Waals surface area (Å²) in [6, 6.07) is 5.78. The lowest BCUT2D eigenvalue weighted by atomic mass is 10.0. The minimum Gasteiger partial charge on any atom is -0.497 e. The number of Topliss-reactive ketones (excluding diaryl/α,β-unsaturated/α-hetero) is 1. The van der Waals surface area contributed by atoms with Gasteiger partial charge < -0.3 is 9.30 Å². The minimum atomic E-state index is -0.0160. The van der Waals surface area contributed by atoms with Gasteiger partial charge in [0.2, 0.25) is 0 Å². The van der Waals surface area contributed by atoms with Crippen LogP contribution in [0.1, 0.15) is 17.3 Å². The van der Waals surface area contributed by atoms with Gasteiger partial charge in [-0.05, 0) is 12.1 Å². The first kappa shape index (κ1) is 13.1.